The van der Waals surface area contributed by atoms with Crippen LogP contribution >= 0.6 is 0 Å². The van der Waals surface area contributed by atoms with Crippen molar-refractivity contribution in [2.24, 2.45) is 0 Å². The maximum absolute atomic E-state index is 13.1. The van der Waals surface area contributed by atoms with Gasteiger partial charge in [0, 0.05) is 79.0 Å². The Kier molecular flexibility index (Phi) is 9.26. The molecule has 0 saturated carbocycles. The summed E-state index contributed by atoms with van der Waals surface area (Å²) in [6, 6.07) is 21.7. The highest BCUT2D eigenvalue weighted by atomic mass is 16.2. The number of carbonyl (C=O) groups is 5. The van der Waals surface area contributed by atoms with E-state index in [4.69, 9.17) is 4.98 Å². The number of aromatic amines is 1. The number of benzene rings is 3. The summed E-state index contributed by atoms with van der Waals surface area (Å²) in [6.45, 7) is 0.511. The van der Waals surface area contributed by atoms with Crippen molar-refractivity contribution in [2.45, 2.75) is 31.8 Å². The molecule has 8 rings (SSSR count). The van der Waals surface area contributed by atoms with Crippen molar-refractivity contribution in [3.05, 3.63) is 119 Å². The minimum atomic E-state index is -0.700. The van der Waals surface area contributed by atoms with E-state index in [1.807, 2.05) is 36.4 Å². The molecule has 0 aliphatic carbocycles. The minimum absolute atomic E-state index is 0.183. The Labute approximate surface area is 320 Å². The fourth-order valence-corrected chi connectivity index (χ4v) is 7.25. The molecule has 5 amide bonds. The monoisotopic (exact) mass is 740 g/mol. The van der Waals surface area contributed by atoms with E-state index in [1.54, 1.807) is 56.0 Å². The molecule has 56 heavy (non-hydrogen) atoms. The third-order valence-corrected chi connectivity index (χ3v) is 10.1. The number of nitriles is 1. The van der Waals surface area contributed by atoms with Crippen molar-refractivity contribution in [3.8, 4) is 40.3 Å². The molecule has 5 heterocycles. The molecule has 1 unspecified atom stereocenters. The number of piperidine rings is 1. The van der Waals surface area contributed by atoms with Crippen LogP contribution in [-0.2, 0) is 16.1 Å². The third kappa shape index (κ3) is 6.48. The van der Waals surface area contributed by atoms with Crippen molar-refractivity contribution in [1.82, 2.24) is 35.8 Å². The van der Waals surface area contributed by atoms with Crippen LogP contribution in [0.1, 0.15) is 67.2 Å². The zero-order chi connectivity index (χ0) is 38.9. The Morgan fingerprint density at radius 1 is 0.929 bits per heavy atom. The van der Waals surface area contributed by atoms with Gasteiger partial charge < -0.3 is 20.5 Å². The van der Waals surface area contributed by atoms with Crippen LogP contribution in [0, 0.1) is 23.2 Å². The van der Waals surface area contributed by atoms with Gasteiger partial charge in [-0.2, -0.15) is 5.26 Å². The molecule has 0 spiro atoms. The number of hydrogen-bond acceptors (Lipinski definition) is 8. The summed E-state index contributed by atoms with van der Waals surface area (Å²) in [6.07, 6.45) is 5.80. The van der Waals surface area contributed by atoms with E-state index in [1.165, 1.54) is 4.90 Å². The zero-order valence-corrected chi connectivity index (χ0v) is 30.0. The molecular formula is C43H32N8O5. The fraction of sp³-hybridized carbons (Fsp3) is 0.163. The standard InChI is InChI=1S/C43H32N8O5/c1-45-40(53)33-22-49-39-28(19-44)16-27(17-31(33)39)29-9-5-8-25-18-36(48-21-32(25)29)26-11-12-35(47-20-26)41(54)46-15-3-2-6-24-7-4-10-30-34(24)23-51(43(30)56)37-13-14-38(52)50-42(37)55/h4-5,7-12,16-18,20-22,37,49H,3,13-15,23H2,1H3,(H,45,53)(H,46,54)(H,50,52,55). The summed E-state index contributed by atoms with van der Waals surface area (Å²) in [4.78, 5) is 76.1. The summed E-state index contributed by atoms with van der Waals surface area (Å²) >= 11 is 0. The number of pyridine rings is 2. The lowest BCUT2D eigenvalue weighted by atomic mass is 9.95. The van der Waals surface area contributed by atoms with E-state index < -0.39 is 11.9 Å². The second-order valence-corrected chi connectivity index (χ2v) is 13.4. The van der Waals surface area contributed by atoms with Gasteiger partial charge >= 0.3 is 0 Å². The molecule has 1 atom stereocenters. The molecule has 4 N–H and O–H groups in total. The van der Waals surface area contributed by atoms with E-state index in [9.17, 15) is 29.2 Å². The average Bonchev–Trinajstić information content (AvgIpc) is 3.81. The largest absolute Gasteiger partial charge is 0.359 e. The van der Waals surface area contributed by atoms with Gasteiger partial charge in [0.15, 0.2) is 0 Å². The number of rotatable bonds is 7. The molecule has 13 nitrogen and oxygen atoms in total. The first kappa shape index (κ1) is 35.4. The molecule has 2 aliphatic heterocycles. The number of amides is 5. The first-order valence-electron chi connectivity index (χ1n) is 17.9. The highest BCUT2D eigenvalue weighted by Gasteiger charge is 2.39. The molecule has 0 radical (unpaired) electrons. The maximum Gasteiger partial charge on any atom is 0.269 e. The van der Waals surface area contributed by atoms with Gasteiger partial charge in [-0.05, 0) is 71.0 Å². The second kappa shape index (κ2) is 14.6. The maximum atomic E-state index is 13.1. The Morgan fingerprint density at radius 3 is 2.55 bits per heavy atom. The van der Waals surface area contributed by atoms with Crippen LogP contribution in [0.5, 0.6) is 0 Å². The van der Waals surface area contributed by atoms with Crippen molar-refractivity contribution in [2.75, 3.05) is 13.6 Å². The summed E-state index contributed by atoms with van der Waals surface area (Å²) in [7, 11) is 1.56. The molecule has 6 aromatic rings. The average molecular weight is 741 g/mol. The summed E-state index contributed by atoms with van der Waals surface area (Å²) in [5, 5.41) is 20.1. The summed E-state index contributed by atoms with van der Waals surface area (Å²) in [5.41, 5.74) is 6.65. The molecule has 2 aliphatic rings. The van der Waals surface area contributed by atoms with Crippen molar-refractivity contribution < 1.29 is 24.0 Å². The smallest absolute Gasteiger partial charge is 0.269 e. The number of aromatic nitrogens is 3. The quantitative estimate of drug-likeness (QED) is 0.104. The van der Waals surface area contributed by atoms with Crippen LogP contribution in [-0.4, -0.2) is 69.0 Å². The van der Waals surface area contributed by atoms with Crippen LogP contribution in [0.15, 0.2) is 85.3 Å². The van der Waals surface area contributed by atoms with E-state index in [0.717, 1.165) is 33.0 Å². The number of nitrogens with zero attached hydrogens (tertiary/aromatic N) is 4. The van der Waals surface area contributed by atoms with Gasteiger partial charge in [-0.1, -0.05) is 36.1 Å². The van der Waals surface area contributed by atoms with Gasteiger partial charge in [-0.25, -0.2) is 0 Å². The normalized spacial score (nSPS) is 14.8. The van der Waals surface area contributed by atoms with Gasteiger partial charge in [0.2, 0.25) is 11.8 Å². The van der Waals surface area contributed by atoms with Crippen LogP contribution in [0.4, 0.5) is 0 Å². The molecule has 0 bridgehead atoms. The predicted octanol–water partition coefficient (Wildman–Crippen LogP) is 4.61. The molecule has 3 aromatic heterocycles. The summed E-state index contributed by atoms with van der Waals surface area (Å²) in [5.74, 6) is 4.51. The minimum Gasteiger partial charge on any atom is -0.359 e. The Bertz CT molecular complexity index is 2750. The zero-order valence-electron chi connectivity index (χ0n) is 30.0. The fourth-order valence-electron chi connectivity index (χ4n) is 7.25. The van der Waals surface area contributed by atoms with Gasteiger partial charge in [0.25, 0.3) is 17.7 Å². The highest BCUT2D eigenvalue weighted by Crippen LogP contribution is 2.35. The molecule has 1 fully saturated rings. The second-order valence-electron chi connectivity index (χ2n) is 13.4. The lowest BCUT2D eigenvalue weighted by molar-refractivity contribution is -0.136. The van der Waals surface area contributed by atoms with Crippen LogP contribution in [0.2, 0.25) is 0 Å². The Balaban J connectivity index is 0.921. The summed E-state index contributed by atoms with van der Waals surface area (Å²) < 4.78 is 0. The molecule has 3 aromatic carbocycles. The Morgan fingerprint density at radius 2 is 1.77 bits per heavy atom. The first-order chi connectivity index (χ1) is 27.2. The number of hydrogen-bond donors (Lipinski definition) is 4. The van der Waals surface area contributed by atoms with E-state index in [2.05, 4.69) is 43.8 Å². The molecular weight excluding hydrogens is 709 g/mol. The van der Waals surface area contributed by atoms with Crippen LogP contribution in [0.25, 0.3) is 44.1 Å². The van der Waals surface area contributed by atoms with E-state index in [-0.39, 0.29) is 55.3 Å². The van der Waals surface area contributed by atoms with Crippen molar-refractivity contribution in [1.29, 1.82) is 5.26 Å². The van der Waals surface area contributed by atoms with Gasteiger partial charge in [-0.3, -0.25) is 39.3 Å². The first-order valence-corrected chi connectivity index (χ1v) is 17.9. The SMILES string of the molecule is CNC(=O)c1c[nH]c2c(C#N)cc(-c3cccc4cc(-c5ccc(C(=O)NCCC#Cc6cccc7c6CN(C6CCC(=O)NC6=O)C7=O)nc5)ncc34)cc12. The van der Waals surface area contributed by atoms with Crippen LogP contribution in [0.3, 0.4) is 0 Å². The number of imide groups is 1. The van der Waals surface area contributed by atoms with E-state index >= 15 is 0 Å². The number of fused-ring (bicyclic) bond motifs is 3. The lowest BCUT2D eigenvalue weighted by Crippen LogP contribution is -2.52. The topological polar surface area (TPSA) is 190 Å². The molecule has 274 valence electrons. The molecule has 13 heteroatoms. The van der Waals surface area contributed by atoms with Gasteiger partial charge in [-0.15, -0.1) is 0 Å². The Hall–Kier alpha value is -7.64. The van der Waals surface area contributed by atoms with Crippen LogP contribution < -0.4 is 16.0 Å². The molecule has 1 saturated heterocycles. The number of carbonyl (C=O) groups excluding carboxylic acids is 5. The van der Waals surface area contributed by atoms with Crippen molar-refractivity contribution >= 4 is 51.2 Å². The van der Waals surface area contributed by atoms with Gasteiger partial charge in [0.05, 0.1) is 22.3 Å². The lowest BCUT2D eigenvalue weighted by Gasteiger charge is -2.29. The third-order valence-electron chi connectivity index (χ3n) is 10.1. The van der Waals surface area contributed by atoms with Crippen molar-refractivity contribution in [3.63, 3.8) is 0 Å². The number of nitrogens with one attached hydrogen (secondary N) is 4. The van der Waals surface area contributed by atoms with Gasteiger partial charge in [0.1, 0.15) is 17.8 Å². The van der Waals surface area contributed by atoms with E-state index in [0.29, 0.717) is 45.3 Å². The highest BCUT2D eigenvalue weighted by molar-refractivity contribution is 6.10. The predicted molar refractivity (Wildman–Crippen MR) is 207 cm³/mol. The number of H-pyrrole nitrogens is 1.